The van der Waals surface area contributed by atoms with Gasteiger partial charge in [-0.25, -0.2) is 0 Å². The van der Waals surface area contributed by atoms with Crippen LogP contribution >= 0.6 is 11.3 Å². The summed E-state index contributed by atoms with van der Waals surface area (Å²) < 4.78 is 11.5. The zero-order valence-corrected chi connectivity index (χ0v) is 12.4. The first-order chi connectivity index (χ1) is 9.22. The fraction of sp³-hybridized carbons (Fsp3) is 0.733. The Kier molecular flexibility index (Phi) is 3.94. The molecule has 3 heterocycles. The fourth-order valence-corrected chi connectivity index (χ4v) is 4.28. The van der Waals surface area contributed by atoms with E-state index in [2.05, 4.69) is 19.1 Å². The molecule has 4 heteroatoms. The lowest BCUT2D eigenvalue weighted by Crippen LogP contribution is -2.43. The quantitative estimate of drug-likeness (QED) is 0.926. The summed E-state index contributed by atoms with van der Waals surface area (Å²) >= 11 is 1.87. The molecule has 2 N–H and O–H groups in total. The first-order valence-electron chi connectivity index (χ1n) is 7.28. The minimum atomic E-state index is -0.0363. The van der Waals surface area contributed by atoms with E-state index in [9.17, 15) is 0 Å². The van der Waals surface area contributed by atoms with Crippen LogP contribution in [-0.2, 0) is 15.9 Å². The molecule has 2 aliphatic heterocycles. The van der Waals surface area contributed by atoms with Crippen LogP contribution < -0.4 is 5.73 Å². The van der Waals surface area contributed by atoms with Crippen molar-refractivity contribution in [3.63, 3.8) is 0 Å². The SMILES string of the molecule is CCc1ccc(C(N)C2CCOC3(CCOC3)C2)s1. The molecule has 1 aromatic heterocycles. The molecule has 2 saturated heterocycles. The minimum Gasteiger partial charge on any atom is -0.378 e. The topological polar surface area (TPSA) is 44.5 Å². The van der Waals surface area contributed by atoms with Gasteiger partial charge in [-0.2, -0.15) is 0 Å². The summed E-state index contributed by atoms with van der Waals surface area (Å²) in [5.41, 5.74) is 6.47. The maximum absolute atomic E-state index is 6.50. The second-order valence-corrected chi connectivity index (χ2v) is 6.97. The lowest BCUT2D eigenvalue weighted by atomic mass is 9.81. The van der Waals surface area contributed by atoms with Crippen molar-refractivity contribution in [1.82, 2.24) is 0 Å². The van der Waals surface area contributed by atoms with Crippen LogP contribution in [0.15, 0.2) is 12.1 Å². The summed E-state index contributed by atoms with van der Waals surface area (Å²) in [4.78, 5) is 2.76. The number of nitrogens with two attached hydrogens (primary N) is 1. The maximum atomic E-state index is 6.50. The highest BCUT2D eigenvalue weighted by Crippen LogP contribution is 2.41. The van der Waals surface area contributed by atoms with Crippen LogP contribution in [-0.4, -0.2) is 25.4 Å². The van der Waals surface area contributed by atoms with E-state index in [1.165, 1.54) is 9.75 Å². The molecule has 19 heavy (non-hydrogen) atoms. The number of hydrogen-bond donors (Lipinski definition) is 1. The third kappa shape index (κ3) is 2.72. The monoisotopic (exact) mass is 281 g/mol. The van der Waals surface area contributed by atoms with Gasteiger partial charge in [0.2, 0.25) is 0 Å². The van der Waals surface area contributed by atoms with E-state index < -0.39 is 0 Å². The lowest BCUT2D eigenvalue weighted by Gasteiger charge is -2.39. The standard InChI is InChI=1S/C15H23NO2S/c1-2-12-3-4-13(19-12)14(16)11-5-7-18-15(9-11)6-8-17-10-15/h3-4,11,14H,2,5-10,16H2,1H3. The molecule has 0 saturated carbocycles. The Morgan fingerprint density at radius 2 is 2.37 bits per heavy atom. The Balaban J connectivity index is 1.70. The molecule has 3 nitrogen and oxygen atoms in total. The van der Waals surface area contributed by atoms with Crippen molar-refractivity contribution in [2.45, 2.75) is 44.2 Å². The summed E-state index contributed by atoms with van der Waals surface area (Å²) in [6.07, 6.45) is 4.25. The Bertz CT molecular complexity index is 426. The van der Waals surface area contributed by atoms with Crippen molar-refractivity contribution >= 4 is 11.3 Å². The molecule has 0 amide bonds. The smallest absolute Gasteiger partial charge is 0.0940 e. The molecule has 2 aliphatic rings. The van der Waals surface area contributed by atoms with E-state index in [0.29, 0.717) is 5.92 Å². The van der Waals surface area contributed by atoms with E-state index >= 15 is 0 Å². The summed E-state index contributed by atoms with van der Waals surface area (Å²) in [7, 11) is 0. The van der Waals surface area contributed by atoms with Gasteiger partial charge in [-0.1, -0.05) is 6.92 Å². The highest BCUT2D eigenvalue weighted by Gasteiger charge is 2.42. The van der Waals surface area contributed by atoms with Gasteiger partial charge in [0.1, 0.15) is 0 Å². The van der Waals surface area contributed by atoms with Gasteiger partial charge in [0.05, 0.1) is 12.2 Å². The van der Waals surface area contributed by atoms with Gasteiger partial charge >= 0.3 is 0 Å². The Labute approximate surface area is 119 Å². The van der Waals surface area contributed by atoms with Crippen LogP contribution in [0.5, 0.6) is 0 Å². The molecule has 0 aliphatic carbocycles. The average molecular weight is 281 g/mol. The second kappa shape index (κ2) is 5.52. The van der Waals surface area contributed by atoms with Crippen molar-refractivity contribution in [3.05, 3.63) is 21.9 Å². The molecule has 3 unspecified atom stereocenters. The van der Waals surface area contributed by atoms with Crippen molar-refractivity contribution in [2.75, 3.05) is 19.8 Å². The van der Waals surface area contributed by atoms with Crippen molar-refractivity contribution < 1.29 is 9.47 Å². The molecule has 2 fully saturated rings. The van der Waals surface area contributed by atoms with Gasteiger partial charge in [-0.05, 0) is 37.3 Å². The second-order valence-electron chi connectivity index (χ2n) is 5.77. The maximum Gasteiger partial charge on any atom is 0.0940 e. The van der Waals surface area contributed by atoms with E-state index in [0.717, 1.165) is 45.5 Å². The first-order valence-corrected chi connectivity index (χ1v) is 8.10. The third-order valence-electron chi connectivity index (χ3n) is 4.47. The van der Waals surface area contributed by atoms with Crippen molar-refractivity contribution in [1.29, 1.82) is 0 Å². The predicted octanol–water partition coefficient (Wildman–Crippen LogP) is 2.90. The fourth-order valence-electron chi connectivity index (χ4n) is 3.23. The highest BCUT2D eigenvalue weighted by atomic mass is 32.1. The molecule has 0 bridgehead atoms. The lowest BCUT2D eigenvalue weighted by molar-refractivity contribution is -0.101. The molecule has 0 radical (unpaired) electrons. The van der Waals surface area contributed by atoms with Gasteiger partial charge in [0.25, 0.3) is 0 Å². The van der Waals surface area contributed by atoms with E-state index in [1.807, 2.05) is 11.3 Å². The normalized spacial score (nSPS) is 32.8. The minimum absolute atomic E-state index is 0.0363. The average Bonchev–Trinajstić information content (AvgIpc) is 3.07. The Morgan fingerprint density at radius 3 is 3.05 bits per heavy atom. The van der Waals surface area contributed by atoms with E-state index in [-0.39, 0.29) is 11.6 Å². The van der Waals surface area contributed by atoms with Crippen LogP contribution in [0.2, 0.25) is 0 Å². The van der Waals surface area contributed by atoms with E-state index in [1.54, 1.807) is 0 Å². The van der Waals surface area contributed by atoms with Crippen LogP contribution in [0.1, 0.15) is 42.0 Å². The zero-order chi connectivity index (χ0) is 13.3. The molecule has 3 rings (SSSR count). The van der Waals surface area contributed by atoms with Crippen molar-refractivity contribution in [2.24, 2.45) is 11.7 Å². The Hall–Kier alpha value is -0.420. The molecular formula is C15H23NO2S. The summed E-state index contributed by atoms with van der Waals surface area (Å²) in [5, 5.41) is 0. The van der Waals surface area contributed by atoms with Gasteiger partial charge < -0.3 is 15.2 Å². The number of hydrogen-bond acceptors (Lipinski definition) is 4. The van der Waals surface area contributed by atoms with Gasteiger partial charge in [-0.15, -0.1) is 11.3 Å². The van der Waals surface area contributed by atoms with Crippen LogP contribution in [0, 0.1) is 5.92 Å². The molecule has 1 spiro atoms. The number of ether oxygens (including phenoxy) is 2. The molecular weight excluding hydrogens is 258 g/mol. The summed E-state index contributed by atoms with van der Waals surface area (Å²) in [5.74, 6) is 0.527. The van der Waals surface area contributed by atoms with Crippen molar-refractivity contribution in [3.8, 4) is 0 Å². The highest BCUT2D eigenvalue weighted by molar-refractivity contribution is 7.12. The molecule has 0 aromatic carbocycles. The molecule has 1 aromatic rings. The third-order valence-corrected chi connectivity index (χ3v) is 5.80. The molecule has 106 valence electrons. The number of rotatable bonds is 3. The van der Waals surface area contributed by atoms with Gasteiger partial charge in [0, 0.05) is 35.4 Å². The zero-order valence-electron chi connectivity index (χ0n) is 11.6. The number of thiophene rings is 1. The first kappa shape index (κ1) is 13.6. The van der Waals surface area contributed by atoms with Crippen LogP contribution in [0.3, 0.4) is 0 Å². The number of aryl methyl sites for hydroxylation is 1. The largest absolute Gasteiger partial charge is 0.378 e. The summed E-state index contributed by atoms with van der Waals surface area (Å²) in [6.45, 7) is 4.61. The van der Waals surface area contributed by atoms with Gasteiger partial charge in [0.15, 0.2) is 0 Å². The van der Waals surface area contributed by atoms with Gasteiger partial charge in [-0.3, -0.25) is 0 Å². The van der Waals surface area contributed by atoms with E-state index in [4.69, 9.17) is 15.2 Å². The summed E-state index contributed by atoms with van der Waals surface area (Å²) in [6, 6.07) is 4.58. The Morgan fingerprint density at radius 1 is 1.47 bits per heavy atom. The van der Waals surface area contributed by atoms with Crippen LogP contribution in [0.4, 0.5) is 0 Å². The predicted molar refractivity (Wildman–Crippen MR) is 77.5 cm³/mol. The van der Waals surface area contributed by atoms with Crippen LogP contribution in [0.25, 0.3) is 0 Å². The molecule has 3 atom stereocenters.